The van der Waals surface area contributed by atoms with E-state index >= 15 is 0 Å². The van der Waals surface area contributed by atoms with Crippen molar-refractivity contribution >= 4 is 17.7 Å². The van der Waals surface area contributed by atoms with Crippen LogP contribution in [0.5, 0.6) is 0 Å². The summed E-state index contributed by atoms with van der Waals surface area (Å²) in [6, 6.07) is 6.89. The van der Waals surface area contributed by atoms with E-state index in [-0.39, 0.29) is 23.6 Å². The first-order valence-electron chi connectivity index (χ1n) is 7.62. The normalized spacial score (nSPS) is 17.4. The lowest BCUT2D eigenvalue weighted by Crippen LogP contribution is -2.50. The molecule has 22 heavy (non-hydrogen) atoms. The minimum Gasteiger partial charge on any atom is -0.356 e. The van der Waals surface area contributed by atoms with Crippen LogP contribution in [0.15, 0.2) is 24.3 Å². The van der Waals surface area contributed by atoms with E-state index in [2.05, 4.69) is 10.6 Å². The minimum atomic E-state index is -0.217. The molecule has 0 aliphatic carbocycles. The number of hydrogen-bond donors (Lipinski definition) is 2. The lowest BCUT2D eigenvalue weighted by molar-refractivity contribution is -0.126. The second-order valence-electron chi connectivity index (χ2n) is 5.66. The molecule has 1 aromatic carbocycles. The molecular formula is C16H19N3O3. The summed E-state index contributed by atoms with van der Waals surface area (Å²) >= 11 is 0. The highest BCUT2D eigenvalue weighted by Gasteiger charge is 2.34. The van der Waals surface area contributed by atoms with Crippen molar-refractivity contribution in [1.29, 1.82) is 0 Å². The quantitative estimate of drug-likeness (QED) is 0.589. The van der Waals surface area contributed by atoms with Gasteiger partial charge < -0.3 is 10.6 Å². The number of fused-ring (bicyclic) bond motifs is 1. The molecule has 1 fully saturated rings. The number of rotatable bonds is 6. The molecule has 0 spiro atoms. The van der Waals surface area contributed by atoms with E-state index in [1.807, 2.05) is 0 Å². The first-order chi connectivity index (χ1) is 10.7. The van der Waals surface area contributed by atoms with Crippen molar-refractivity contribution in [2.24, 2.45) is 5.92 Å². The lowest BCUT2D eigenvalue weighted by Gasteiger charge is -2.25. The summed E-state index contributed by atoms with van der Waals surface area (Å²) < 4.78 is 0. The maximum Gasteiger partial charge on any atom is 0.261 e. The second kappa shape index (κ2) is 6.27. The topological polar surface area (TPSA) is 78.5 Å². The first-order valence-corrected chi connectivity index (χ1v) is 7.62. The van der Waals surface area contributed by atoms with Crippen LogP contribution in [0.3, 0.4) is 0 Å². The number of carbonyl (C=O) groups excluding carboxylic acids is 3. The fourth-order valence-corrected chi connectivity index (χ4v) is 2.67. The zero-order chi connectivity index (χ0) is 15.5. The fraction of sp³-hybridized carbons (Fsp3) is 0.438. The number of imide groups is 1. The van der Waals surface area contributed by atoms with E-state index in [0.717, 1.165) is 19.5 Å². The van der Waals surface area contributed by atoms with Crippen molar-refractivity contribution in [3.05, 3.63) is 35.4 Å². The second-order valence-corrected chi connectivity index (χ2v) is 5.66. The summed E-state index contributed by atoms with van der Waals surface area (Å²) in [6.07, 6.45) is 1.44. The number of amides is 3. The number of unbranched alkanes of at least 4 members (excludes halogenated alkanes) is 1. The molecule has 2 aliphatic rings. The number of benzene rings is 1. The van der Waals surface area contributed by atoms with Gasteiger partial charge in [0.15, 0.2) is 0 Å². The molecule has 2 heterocycles. The molecule has 2 N–H and O–H groups in total. The maximum absolute atomic E-state index is 12.1. The van der Waals surface area contributed by atoms with Gasteiger partial charge in [0.05, 0.1) is 17.0 Å². The third-order valence-electron chi connectivity index (χ3n) is 4.14. The molecule has 0 radical (unpaired) electrons. The van der Waals surface area contributed by atoms with Crippen LogP contribution < -0.4 is 10.6 Å². The Bertz CT molecular complexity index is 575. The van der Waals surface area contributed by atoms with Gasteiger partial charge in [0.1, 0.15) is 0 Å². The summed E-state index contributed by atoms with van der Waals surface area (Å²) in [5.74, 6) is -0.258. The Hall–Kier alpha value is -2.21. The van der Waals surface area contributed by atoms with E-state index in [9.17, 15) is 14.4 Å². The van der Waals surface area contributed by atoms with Crippen molar-refractivity contribution in [2.45, 2.75) is 12.8 Å². The highest BCUT2D eigenvalue weighted by molar-refractivity contribution is 6.21. The highest BCUT2D eigenvalue weighted by Crippen LogP contribution is 2.22. The number of nitrogens with zero attached hydrogens (tertiary/aromatic N) is 1. The summed E-state index contributed by atoms with van der Waals surface area (Å²) in [5, 5.41) is 5.94. The van der Waals surface area contributed by atoms with Crippen molar-refractivity contribution < 1.29 is 14.4 Å². The largest absolute Gasteiger partial charge is 0.356 e. The summed E-state index contributed by atoms with van der Waals surface area (Å²) in [7, 11) is 0. The van der Waals surface area contributed by atoms with Crippen molar-refractivity contribution in [2.75, 3.05) is 26.2 Å². The smallest absolute Gasteiger partial charge is 0.261 e. The van der Waals surface area contributed by atoms with Gasteiger partial charge in [-0.3, -0.25) is 19.3 Å². The number of hydrogen-bond acceptors (Lipinski definition) is 4. The summed E-state index contributed by atoms with van der Waals surface area (Å²) in [4.78, 5) is 37.2. The van der Waals surface area contributed by atoms with Crippen LogP contribution in [0.2, 0.25) is 0 Å². The van der Waals surface area contributed by atoms with E-state index in [1.54, 1.807) is 24.3 Å². The van der Waals surface area contributed by atoms with E-state index in [4.69, 9.17) is 0 Å². The molecule has 6 nitrogen and oxygen atoms in total. The Balaban J connectivity index is 1.42. The molecule has 0 saturated carbocycles. The van der Waals surface area contributed by atoms with Gasteiger partial charge in [-0.15, -0.1) is 0 Å². The van der Waals surface area contributed by atoms with Crippen LogP contribution in [0.25, 0.3) is 0 Å². The Labute approximate surface area is 128 Å². The Kier molecular flexibility index (Phi) is 4.20. The predicted molar refractivity (Wildman–Crippen MR) is 80.4 cm³/mol. The monoisotopic (exact) mass is 301 g/mol. The molecule has 1 saturated heterocycles. The van der Waals surface area contributed by atoms with Gasteiger partial charge in [-0.1, -0.05) is 12.1 Å². The number of nitrogens with one attached hydrogen (secondary N) is 2. The molecule has 6 heteroatoms. The highest BCUT2D eigenvalue weighted by atomic mass is 16.2. The van der Waals surface area contributed by atoms with Crippen LogP contribution in [-0.4, -0.2) is 48.8 Å². The average Bonchev–Trinajstić information content (AvgIpc) is 2.70. The zero-order valence-electron chi connectivity index (χ0n) is 12.3. The van der Waals surface area contributed by atoms with Crippen molar-refractivity contribution in [3.8, 4) is 0 Å². The molecule has 0 aromatic heterocycles. The standard InChI is InChI=1S/C16H19N3O3/c20-14(11-9-17-10-11)18-7-3-4-8-19-15(21)12-5-1-2-6-13(12)16(19)22/h1-2,5-6,11,17H,3-4,7-10H2,(H,18,20). The molecule has 1 aromatic rings. The van der Waals surface area contributed by atoms with Gasteiger partial charge >= 0.3 is 0 Å². The average molecular weight is 301 g/mol. The third kappa shape index (κ3) is 2.74. The molecule has 3 amide bonds. The van der Waals surface area contributed by atoms with Crippen LogP contribution >= 0.6 is 0 Å². The summed E-state index contributed by atoms with van der Waals surface area (Å²) in [5.41, 5.74) is 0.969. The lowest BCUT2D eigenvalue weighted by atomic mass is 10.0. The van der Waals surface area contributed by atoms with E-state index in [1.165, 1.54) is 4.90 Å². The number of carbonyl (C=O) groups is 3. The van der Waals surface area contributed by atoms with Crippen LogP contribution in [-0.2, 0) is 4.79 Å². The van der Waals surface area contributed by atoms with Gasteiger partial charge in [-0.25, -0.2) is 0 Å². The molecule has 116 valence electrons. The van der Waals surface area contributed by atoms with Gasteiger partial charge in [0, 0.05) is 26.2 Å². The first kappa shape index (κ1) is 14.7. The van der Waals surface area contributed by atoms with Gasteiger partial charge in [-0.2, -0.15) is 0 Å². The van der Waals surface area contributed by atoms with Gasteiger partial charge in [0.2, 0.25) is 5.91 Å². The molecular weight excluding hydrogens is 282 g/mol. The zero-order valence-corrected chi connectivity index (χ0v) is 12.3. The van der Waals surface area contributed by atoms with Crippen LogP contribution in [0, 0.1) is 5.92 Å². The maximum atomic E-state index is 12.1. The minimum absolute atomic E-state index is 0.0829. The molecule has 3 rings (SSSR count). The fourth-order valence-electron chi connectivity index (χ4n) is 2.67. The van der Waals surface area contributed by atoms with Gasteiger partial charge in [-0.05, 0) is 25.0 Å². The van der Waals surface area contributed by atoms with Crippen LogP contribution in [0.1, 0.15) is 33.6 Å². The van der Waals surface area contributed by atoms with Gasteiger partial charge in [0.25, 0.3) is 11.8 Å². The van der Waals surface area contributed by atoms with E-state index in [0.29, 0.717) is 30.6 Å². The Morgan fingerprint density at radius 1 is 1.14 bits per heavy atom. The molecule has 0 atom stereocenters. The van der Waals surface area contributed by atoms with Crippen molar-refractivity contribution in [3.63, 3.8) is 0 Å². The Morgan fingerprint density at radius 3 is 2.32 bits per heavy atom. The van der Waals surface area contributed by atoms with Crippen LogP contribution in [0.4, 0.5) is 0 Å². The molecule has 0 unspecified atom stereocenters. The predicted octanol–water partition coefficient (Wildman–Crippen LogP) is 0.398. The summed E-state index contributed by atoms with van der Waals surface area (Å²) in [6.45, 7) is 2.48. The Morgan fingerprint density at radius 2 is 1.77 bits per heavy atom. The van der Waals surface area contributed by atoms with Crippen molar-refractivity contribution in [1.82, 2.24) is 15.5 Å². The SMILES string of the molecule is O=C(NCCCCN1C(=O)c2ccccc2C1=O)C1CNC1. The van der Waals surface area contributed by atoms with E-state index < -0.39 is 0 Å². The molecule has 2 aliphatic heterocycles. The third-order valence-corrected chi connectivity index (χ3v) is 4.14. The molecule has 0 bridgehead atoms.